The highest BCUT2D eigenvalue weighted by Crippen LogP contribution is 2.18. The van der Waals surface area contributed by atoms with Crippen LogP contribution in [0.2, 0.25) is 0 Å². The van der Waals surface area contributed by atoms with Crippen molar-refractivity contribution in [3.63, 3.8) is 0 Å². The SMILES string of the molecule is COc1ccc(NC(=O)C(OC(=O)c2ccccc2)C(=O)c2cccs2)cc1. The molecule has 1 atom stereocenters. The number of carbonyl (C=O) groups is 3. The molecule has 1 unspecified atom stereocenters. The Balaban J connectivity index is 1.81. The predicted molar refractivity (Wildman–Crippen MR) is 106 cm³/mol. The Kier molecular flexibility index (Phi) is 6.18. The van der Waals surface area contributed by atoms with Crippen LogP contribution >= 0.6 is 11.3 Å². The average Bonchev–Trinajstić information content (AvgIpc) is 3.27. The fourth-order valence-electron chi connectivity index (χ4n) is 2.41. The Morgan fingerprint density at radius 2 is 1.64 bits per heavy atom. The predicted octanol–water partition coefficient (Wildman–Crippen LogP) is 3.80. The number of carbonyl (C=O) groups excluding carboxylic acids is 3. The monoisotopic (exact) mass is 395 g/mol. The second-order valence-electron chi connectivity index (χ2n) is 5.71. The van der Waals surface area contributed by atoms with Crippen molar-refractivity contribution in [3.05, 3.63) is 82.6 Å². The highest BCUT2D eigenvalue weighted by atomic mass is 32.1. The number of ether oxygens (including phenoxy) is 2. The summed E-state index contributed by atoms with van der Waals surface area (Å²) in [7, 11) is 1.53. The quantitative estimate of drug-likeness (QED) is 0.374. The van der Waals surface area contributed by atoms with Crippen LogP contribution in [0.15, 0.2) is 72.1 Å². The lowest BCUT2D eigenvalue weighted by atomic mass is 10.1. The molecule has 0 radical (unpaired) electrons. The van der Waals surface area contributed by atoms with Crippen molar-refractivity contribution in [1.29, 1.82) is 0 Å². The molecule has 142 valence electrons. The topological polar surface area (TPSA) is 81.7 Å². The van der Waals surface area contributed by atoms with Gasteiger partial charge in [0.15, 0.2) is 0 Å². The molecule has 0 saturated heterocycles. The Bertz CT molecular complexity index is 952. The van der Waals surface area contributed by atoms with Gasteiger partial charge in [-0.25, -0.2) is 4.79 Å². The molecule has 1 amide bonds. The van der Waals surface area contributed by atoms with Crippen molar-refractivity contribution < 1.29 is 23.9 Å². The van der Waals surface area contributed by atoms with Crippen molar-refractivity contribution in [2.45, 2.75) is 6.10 Å². The first kappa shape index (κ1) is 19.3. The largest absolute Gasteiger partial charge is 0.497 e. The van der Waals surface area contributed by atoms with Gasteiger partial charge < -0.3 is 14.8 Å². The minimum Gasteiger partial charge on any atom is -0.497 e. The van der Waals surface area contributed by atoms with Crippen molar-refractivity contribution in [3.8, 4) is 5.75 Å². The second kappa shape index (κ2) is 8.96. The van der Waals surface area contributed by atoms with Crippen LogP contribution in [0.1, 0.15) is 20.0 Å². The van der Waals surface area contributed by atoms with Gasteiger partial charge in [0.05, 0.1) is 17.6 Å². The Labute approximate surface area is 165 Å². The number of anilines is 1. The molecule has 2 aromatic carbocycles. The molecule has 7 heteroatoms. The molecule has 28 heavy (non-hydrogen) atoms. The van der Waals surface area contributed by atoms with E-state index >= 15 is 0 Å². The normalized spacial score (nSPS) is 11.3. The zero-order valence-corrected chi connectivity index (χ0v) is 15.8. The second-order valence-corrected chi connectivity index (χ2v) is 6.66. The number of ketones is 1. The number of benzene rings is 2. The van der Waals surface area contributed by atoms with E-state index in [2.05, 4.69) is 5.32 Å². The molecular weight excluding hydrogens is 378 g/mol. The first-order valence-corrected chi connectivity index (χ1v) is 9.25. The molecule has 0 aliphatic heterocycles. The lowest BCUT2D eigenvalue weighted by Crippen LogP contribution is -2.39. The molecule has 0 saturated carbocycles. The molecule has 0 aliphatic carbocycles. The van der Waals surface area contributed by atoms with Gasteiger partial charge in [-0.05, 0) is 47.8 Å². The van der Waals surface area contributed by atoms with Gasteiger partial charge in [-0.2, -0.15) is 0 Å². The van der Waals surface area contributed by atoms with Gasteiger partial charge >= 0.3 is 5.97 Å². The zero-order chi connectivity index (χ0) is 19.9. The van der Waals surface area contributed by atoms with Gasteiger partial charge in [-0.15, -0.1) is 11.3 Å². The van der Waals surface area contributed by atoms with Gasteiger partial charge in [0.25, 0.3) is 5.91 Å². The summed E-state index contributed by atoms with van der Waals surface area (Å²) in [5, 5.41) is 4.32. The van der Waals surface area contributed by atoms with E-state index in [9.17, 15) is 14.4 Å². The summed E-state index contributed by atoms with van der Waals surface area (Å²) in [5.74, 6) is -1.43. The number of esters is 1. The van der Waals surface area contributed by atoms with E-state index in [0.717, 1.165) is 0 Å². The van der Waals surface area contributed by atoms with Crippen LogP contribution < -0.4 is 10.1 Å². The van der Waals surface area contributed by atoms with Gasteiger partial charge in [-0.3, -0.25) is 9.59 Å². The maximum Gasteiger partial charge on any atom is 0.339 e. The smallest absolute Gasteiger partial charge is 0.339 e. The Morgan fingerprint density at radius 1 is 0.929 bits per heavy atom. The zero-order valence-electron chi connectivity index (χ0n) is 15.0. The number of amides is 1. The summed E-state index contributed by atoms with van der Waals surface area (Å²) in [5.41, 5.74) is 0.703. The van der Waals surface area contributed by atoms with Crippen LogP contribution in [0.3, 0.4) is 0 Å². The lowest BCUT2D eigenvalue weighted by Gasteiger charge is -2.16. The lowest BCUT2D eigenvalue weighted by molar-refractivity contribution is -0.122. The van der Waals surface area contributed by atoms with E-state index in [-0.39, 0.29) is 5.56 Å². The molecule has 3 aromatic rings. The first-order valence-electron chi connectivity index (χ1n) is 8.37. The summed E-state index contributed by atoms with van der Waals surface area (Å²) in [4.78, 5) is 38.2. The van der Waals surface area contributed by atoms with E-state index in [4.69, 9.17) is 9.47 Å². The number of Topliss-reactive ketones (excluding diaryl/α,β-unsaturated/α-hetero) is 1. The highest BCUT2D eigenvalue weighted by Gasteiger charge is 2.32. The van der Waals surface area contributed by atoms with Crippen LogP contribution in [0.4, 0.5) is 5.69 Å². The summed E-state index contributed by atoms with van der Waals surface area (Å²) in [6.45, 7) is 0. The number of nitrogens with one attached hydrogen (secondary N) is 1. The third-order valence-electron chi connectivity index (χ3n) is 3.83. The van der Waals surface area contributed by atoms with Crippen LogP contribution in [-0.2, 0) is 9.53 Å². The van der Waals surface area contributed by atoms with Crippen LogP contribution in [0, 0.1) is 0 Å². The number of methoxy groups -OCH3 is 1. The third-order valence-corrected chi connectivity index (χ3v) is 4.72. The molecule has 1 N–H and O–H groups in total. The Morgan fingerprint density at radius 3 is 2.25 bits per heavy atom. The summed E-state index contributed by atoms with van der Waals surface area (Å²) in [6.07, 6.45) is -1.60. The molecule has 0 aliphatic rings. The van der Waals surface area contributed by atoms with Crippen molar-refractivity contribution >= 4 is 34.7 Å². The molecular formula is C21H17NO5S. The van der Waals surface area contributed by atoms with Gasteiger partial charge in [0.1, 0.15) is 5.75 Å². The van der Waals surface area contributed by atoms with Gasteiger partial charge in [-0.1, -0.05) is 24.3 Å². The van der Waals surface area contributed by atoms with Crippen molar-refractivity contribution in [2.24, 2.45) is 0 Å². The van der Waals surface area contributed by atoms with Gasteiger partial charge in [0.2, 0.25) is 11.9 Å². The summed E-state index contributed by atoms with van der Waals surface area (Å²) >= 11 is 1.17. The van der Waals surface area contributed by atoms with E-state index in [1.165, 1.54) is 18.4 Å². The Hall–Kier alpha value is -3.45. The third kappa shape index (κ3) is 4.63. The fraction of sp³-hybridized carbons (Fsp3) is 0.0952. The molecule has 0 spiro atoms. The first-order chi connectivity index (χ1) is 13.6. The van der Waals surface area contributed by atoms with E-state index in [1.807, 2.05) is 0 Å². The molecule has 1 heterocycles. The van der Waals surface area contributed by atoms with E-state index in [0.29, 0.717) is 16.3 Å². The molecule has 0 fully saturated rings. The molecule has 3 rings (SSSR count). The van der Waals surface area contributed by atoms with E-state index in [1.54, 1.807) is 72.1 Å². The number of hydrogen-bond acceptors (Lipinski definition) is 6. The van der Waals surface area contributed by atoms with Crippen LogP contribution in [-0.4, -0.2) is 30.9 Å². The summed E-state index contributed by atoms with van der Waals surface area (Å²) < 4.78 is 10.4. The van der Waals surface area contributed by atoms with Crippen LogP contribution in [0.25, 0.3) is 0 Å². The van der Waals surface area contributed by atoms with Crippen LogP contribution in [0.5, 0.6) is 5.75 Å². The van der Waals surface area contributed by atoms with E-state index < -0.39 is 23.8 Å². The number of thiophene rings is 1. The average molecular weight is 395 g/mol. The standard InChI is InChI=1S/C21H17NO5S/c1-26-16-11-9-15(10-12-16)22-20(24)19(18(23)17-8-5-13-28-17)27-21(25)14-6-3-2-4-7-14/h2-13,19H,1H3,(H,22,24). The fourth-order valence-corrected chi connectivity index (χ4v) is 3.09. The minimum atomic E-state index is -1.60. The maximum atomic E-state index is 12.8. The minimum absolute atomic E-state index is 0.253. The molecule has 6 nitrogen and oxygen atoms in total. The highest BCUT2D eigenvalue weighted by molar-refractivity contribution is 7.12. The number of hydrogen-bond donors (Lipinski definition) is 1. The van der Waals surface area contributed by atoms with Crippen molar-refractivity contribution in [1.82, 2.24) is 0 Å². The van der Waals surface area contributed by atoms with Crippen molar-refractivity contribution in [2.75, 3.05) is 12.4 Å². The summed E-state index contributed by atoms with van der Waals surface area (Å²) in [6, 6.07) is 18.1. The maximum absolute atomic E-state index is 12.8. The number of rotatable bonds is 7. The molecule has 0 bridgehead atoms. The van der Waals surface area contributed by atoms with Gasteiger partial charge in [0, 0.05) is 5.69 Å². The molecule has 1 aromatic heterocycles.